The number of halogens is 1. The van der Waals surface area contributed by atoms with Gasteiger partial charge in [0.25, 0.3) is 0 Å². The summed E-state index contributed by atoms with van der Waals surface area (Å²) < 4.78 is 18.4. The summed E-state index contributed by atoms with van der Waals surface area (Å²) in [5.41, 5.74) is 0. The number of hydrogen-bond donors (Lipinski definition) is 1. The number of rotatable bonds is 3. The van der Waals surface area contributed by atoms with Crippen molar-refractivity contribution >= 4 is 11.7 Å². The fourth-order valence-corrected chi connectivity index (χ4v) is 1.87. The van der Waals surface area contributed by atoms with Gasteiger partial charge in [-0.05, 0) is 6.92 Å². The fourth-order valence-electron chi connectivity index (χ4n) is 1.87. The number of hydrogen-bond acceptors (Lipinski definition) is 5. The first-order chi connectivity index (χ1) is 8.72. The quantitative estimate of drug-likeness (QED) is 0.766. The van der Waals surface area contributed by atoms with Gasteiger partial charge in [0, 0.05) is 19.2 Å². The number of carbonyl (C=O) groups is 1. The van der Waals surface area contributed by atoms with Crippen LogP contribution >= 0.6 is 0 Å². The van der Waals surface area contributed by atoms with Crippen molar-refractivity contribution in [3.63, 3.8) is 0 Å². The average Bonchev–Trinajstić information content (AvgIpc) is 2.39. The van der Waals surface area contributed by atoms with Crippen LogP contribution < -0.4 is 10.2 Å². The lowest BCUT2D eigenvalue weighted by molar-refractivity contribution is -0.124. The molecule has 1 fully saturated rings. The maximum absolute atomic E-state index is 13.1. The van der Waals surface area contributed by atoms with Gasteiger partial charge in [0.15, 0.2) is 0 Å². The molecule has 1 aromatic rings. The zero-order valence-electron chi connectivity index (χ0n) is 10.1. The van der Waals surface area contributed by atoms with E-state index >= 15 is 0 Å². The highest BCUT2D eigenvalue weighted by atomic mass is 19.1. The third-order valence-corrected chi connectivity index (χ3v) is 2.70. The van der Waals surface area contributed by atoms with Gasteiger partial charge < -0.3 is 15.0 Å². The van der Waals surface area contributed by atoms with Crippen LogP contribution in [0.4, 0.5) is 10.2 Å². The second-order valence-electron chi connectivity index (χ2n) is 3.88. The Kier molecular flexibility index (Phi) is 4.03. The summed E-state index contributed by atoms with van der Waals surface area (Å²) in [4.78, 5) is 21.0. The molecule has 2 rings (SSSR count). The molecule has 0 radical (unpaired) electrons. The summed E-state index contributed by atoms with van der Waals surface area (Å²) in [6.45, 7) is 3.65. The molecule has 1 amide bonds. The Bertz CT molecular complexity index is 429. The van der Waals surface area contributed by atoms with Crippen molar-refractivity contribution in [3.8, 4) is 0 Å². The highest BCUT2D eigenvalue weighted by Crippen LogP contribution is 2.17. The van der Waals surface area contributed by atoms with Crippen molar-refractivity contribution in [1.29, 1.82) is 0 Å². The normalized spacial score (nSPS) is 19.7. The van der Waals surface area contributed by atoms with E-state index in [2.05, 4.69) is 15.3 Å². The van der Waals surface area contributed by atoms with E-state index in [-0.39, 0.29) is 12.5 Å². The molecule has 1 atom stereocenters. The molecule has 0 spiro atoms. The lowest BCUT2D eigenvalue weighted by Crippen LogP contribution is -2.54. The Morgan fingerprint density at radius 3 is 3.22 bits per heavy atom. The zero-order chi connectivity index (χ0) is 13.0. The molecule has 18 heavy (non-hydrogen) atoms. The van der Waals surface area contributed by atoms with Crippen LogP contribution in [0.1, 0.15) is 6.92 Å². The average molecular weight is 254 g/mol. The lowest BCUT2D eigenvalue weighted by atomic mass is 10.2. The van der Waals surface area contributed by atoms with Crippen LogP contribution in [0.15, 0.2) is 12.4 Å². The number of likely N-dealkylation sites (N-methyl/N-ethyl adjacent to an activating group) is 1. The van der Waals surface area contributed by atoms with E-state index in [9.17, 15) is 9.18 Å². The molecule has 1 aromatic heterocycles. The van der Waals surface area contributed by atoms with E-state index in [0.717, 1.165) is 6.33 Å². The number of carbonyl (C=O) groups excluding carboxylic acids is 1. The molecular formula is C11H15FN4O2. The predicted molar refractivity (Wildman–Crippen MR) is 62.6 cm³/mol. The standard InChI is InChI=1S/C11H15FN4O2/c1-2-13-11(17)8-6-18-4-3-16(8)10-5-9(12)14-7-15-10/h5,7-8H,2-4,6H2,1H3,(H,13,17). The molecule has 6 nitrogen and oxygen atoms in total. The molecule has 0 aliphatic carbocycles. The van der Waals surface area contributed by atoms with Crippen molar-refractivity contribution in [2.24, 2.45) is 0 Å². The molecule has 1 unspecified atom stereocenters. The molecule has 2 heterocycles. The summed E-state index contributed by atoms with van der Waals surface area (Å²) in [6, 6.07) is 0.741. The Morgan fingerprint density at radius 1 is 1.67 bits per heavy atom. The van der Waals surface area contributed by atoms with Gasteiger partial charge in [-0.25, -0.2) is 9.97 Å². The third-order valence-electron chi connectivity index (χ3n) is 2.70. The van der Waals surface area contributed by atoms with Crippen molar-refractivity contribution < 1.29 is 13.9 Å². The molecule has 1 aliphatic rings. The predicted octanol–water partition coefficient (Wildman–Crippen LogP) is -0.0430. The number of amides is 1. The van der Waals surface area contributed by atoms with Crippen molar-refractivity contribution in [1.82, 2.24) is 15.3 Å². The molecule has 7 heteroatoms. The molecule has 1 aliphatic heterocycles. The summed E-state index contributed by atoms with van der Waals surface area (Å²) in [7, 11) is 0. The first-order valence-corrected chi connectivity index (χ1v) is 5.82. The van der Waals surface area contributed by atoms with Crippen LogP contribution in [0.2, 0.25) is 0 Å². The minimum absolute atomic E-state index is 0.142. The monoisotopic (exact) mass is 254 g/mol. The van der Waals surface area contributed by atoms with Gasteiger partial charge in [-0.15, -0.1) is 0 Å². The highest BCUT2D eigenvalue weighted by molar-refractivity contribution is 5.85. The molecule has 1 N–H and O–H groups in total. The van der Waals surface area contributed by atoms with Crippen LogP contribution in [0.25, 0.3) is 0 Å². The van der Waals surface area contributed by atoms with E-state index in [4.69, 9.17) is 4.74 Å². The van der Waals surface area contributed by atoms with Gasteiger partial charge in [-0.3, -0.25) is 4.79 Å². The van der Waals surface area contributed by atoms with Gasteiger partial charge >= 0.3 is 0 Å². The number of anilines is 1. The molecular weight excluding hydrogens is 239 g/mol. The minimum Gasteiger partial charge on any atom is -0.377 e. The van der Waals surface area contributed by atoms with Crippen LogP contribution in [0.5, 0.6) is 0 Å². The summed E-state index contributed by atoms with van der Waals surface area (Å²) >= 11 is 0. The first kappa shape index (κ1) is 12.7. The first-order valence-electron chi connectivity index (χ1n) is 5.82. The maximum Gasteiger partial charge on any atom is 0.245 e. The summed E-state index contributed by atoms with van der Waals surface area (Å²) in [5.74, 6) is -0.348. The molecule has 1 saturated heterocycles. The van der Waals surface area contributed by atoms with E-state index in [0.29, 0.717) is 25.5 Å². The van der Waals surface area contributed by atoms with Gasteiger partial charge in [0.05, 0.1) is 13.2 Å². The van der Waals surface area contributed by atoms with Crippen molar-refractivity contribution in [3.05, 3.63) is 18.3 Å². The smallest absolute Gasteiger partial charge is 0.245 e. The largest absolute Gasteiger partial charge is 0.377 e. The van der Waals surface area contributed by atoms with Crippen LogP contribution in [-0.4, -0.2) is 48.2 Å². The Balaban J connectivity index is 2.20. The number of ether oxygens (including phenoxy) is 1. The van der Waals surface area contributed by atoms with Gasteiger partial charge in [0.2, 0.25) is 11.9 Å². The van der Waals surface area contributed by atoms with Crippen LogP contribution in [0.3, 0.4) is 0 Å². The molecule has 0 saturated carbocycles. The lowest BCUT2D eigenvalue weighted by Gasteiger charge is -2.35. The molecule has 0 aromatic carbocycles. The Hall–Kier alpha value is -1.76. The van der Waals surface area contributed by atoms with E-state index < -0.39 is 12.0 Å². The Morgan fingerprint density at radius 2 is 2.50 bits per heavy atom. The van der Waals surface area contributed by atoms with Crippen LogP contribution in [0, 0.1) is 5.95 Å². The highest BCUT2D eigenvalue weighted by Gasteiger charge is 2.30. The second-order valence-corrected chi connectivity index (χ2v) is 3.88. The van der Waals surface area contributed by atoms with Gasteiger partial charge in [-0.2, -0.15) is 4.39 Å². The molecule has 0 bridgehead atoms. The number of nitrogens with one attached hydrogen (secondary N) is 1. The SMILES string of the molecule is CCNC(=O)C1COCCN1c1cc(F)ncn1. The zero-order valence-corrected chi connectivity index (χ0v) is 10.1. The van der Waals surface area contributed by atoms with E-state index in [1.807, 2.05) is 6.92 Å². The number of nitrogens with zero attached hydrogens (tertiary/aromatic N) is 3. The van der Waals surface area contributed by atoms with Crippen LogP contribution in [-0.2, 0) is 9.53 Å². The topological polar surface area (TPSA) is 67.3 Å². The minimum atomic E-state index is -0.610. The summed E-state index contributed by atoms with van der Waals surface area (Å²) in [5, 5.41) is 2.73. The Labute approximate surface area is 104 Å². The second kappa shape index (κ2) is 5.72. The van der Waals surface area contributed by atoms with Gasteiger partial charge in [-0.1, -0.05) is 0 Å². The number of aromatic nitrogens is 2. The van der Waals surface area contributed by atoms with E-state index in [1.165, 1.54) is 6.07 Å². The fraction of sp³-hybridized carbons (Fsp3) is 0.545. The maximum atomic E-state index is 13.1. The van der Waals surface area contributed by atoms with Crippen molar-refractivity contribution in [2.75, 3.05) is 31.2 Å². The number of morpholine rings is 1. The summed E-state index contributed by atoms with van der Waals surface area (Å²) in [6.07, 6.45) is 1.15. The van der Waals surface area contributed by atoms with Crippen molar-refractivity contribution in [2.45, 2.75) is 13.0 Å². The third kappa shape index (κ3) is 2.73. The van der Waals surface area contributed by atoms with E-state index in [1.54, 1.807) is 4.90 Å². The van der Waals surface area contributed by atoms with Gasteiger partial charge in [0.1, 0.15) is 18.2 Å². The molecule has 98 valence electrons.